The van der Waals surface area contributed by atoms with Crippen molar-refractivity contribution in [1.82, 2.24) is 5.01 Å². The van der Waals surface area contributed by atoms with E-state index in [1.807, 2.05) is 6.07 Å². The van der Waals surface area contributed by atoms with Crippen molar-refractivity contribution in [2.24, 2.45) is 11.0 Å². The maximum Gasteiger partial charge on any atom is 0.240 e. The highest BCUT2D eigenvalue weighted by Gasteiger charge is 2.43. The van der Waals surface area contributed by atoms with Crippen molar-refractivity contribution in [2.75, 3.05) is 13.4 Å². The molecule has 2 aromatic carbocycles. The van der Waals surface area contributed by atoms with Crippen LogP contribution in [0.1, 0.15) is 36.1 Å². The molecule has 0 saturated heterocycles. The molecular formula is C21H22N2O2S. The minimum Gasteiger partial charge on any atom is -0.497 e. The Morgan fingerprint density at radius 3 is 2.65 bits per heavy atom. The number of fused-ring (bicyclic) bond motifs is 3. The normalized spacial score (nSPS) is 21.0. The first-order valence-corrected chi connectivity index (χ1v) is 10.0. The summed E-state index contributed by atoms with van der Waals surface area (Å²) >= 11 is 1.72. The fourth-order valence-electron chi connectivity index (χ4n) is 4.01. The average Bonchev–Trinajstić information content (AvgIpc) is 3.08. The van der Waals surface area contributed by atoms with Crippen LogP contribution in [0.3, 0.4) is 0 Å². The minimum atomic E-state index is -0.0299. The second-order valence-corrected chi connectivity index (χ2v) is 7.61. The van der Waals surface area contributed by atoms with Gasteiger partial charge < -0.3 is 4.74 Å². The first-order chi connectivity index (χ1) is 12.6. The fraction of sp³-hybridized carbons (Fsp3) is 0.333. The topological polar surface area (TPSA) is 41.9 Å². The highest BCUT2D eigenvalue weighted by Crippen LogP contribution is 2.44. The van der Waals surface area contributed by atoms with Gasteiger partial charge in [0.05, 0.1) is 18.9 Å². The lowest BCUT2D eigenvalue weighted by Gasteiger charge is -2.29. The van der Waals surface area contributed by atoms with Gasteiger partial charge in [-0.15, -0.1) is 11.8 Å². The van der Waals surface area contributed by atoms with Gasteiger partial charge >= 0.3 is 0 Å². The number of amides is 1. The second-order valence-electron chi connectivity index (χ2n) is 6.74. The number of rotatable bonds is 3. The highest BCUT2D eigenvalue weighted by atomic mass is 32.2. The van der Waals surface area contributed by atoms with Crippen LogP contribution >= 0.6 is 11.8 Å². The smallest absolute Gasteiger partial charge is 0.240 e. The molecule has 1 amide bonds. The lowest BCUT2D eigenvalue weighted by Crippen LogP contribution is -2.31. The van der Waals surface area contributed by atoms with Crippen molar-refractivity contribution >= 4 is 23.4 Å². The predicted octanol–water partition coefficient (Wildman–Crippen LogP) is 4.29. The first kappa shape index (κ1) is 17.2. The number of hydrogen-bond acceptors (Lipinski definition) is 4. The number of hydrazone groups is 1. The van der Waals surface area contributed by atoms with Gasteiger partial charge in [-0.2, -0.15) is 5.10 Å². The summed E-state index contributed by atoms with van der Waals surface area (Å²) < 4.78 is 5.40. The van der Waals surface area contributed by atoms with Crippen LogP contribution in [0.25, 0.3) is 0 Å². The molecule has 4 nitrogen and oxygen atoms in total. The first-order valence-electron chi connectivity index (χ1n) is 8.82. The predicted molar refractivity (Wildman–Crippen MR) is 105 cm³/mol. The number of carbonyl (C=O) groups excluding carboxylic acids is 1. The van der Waals surface area contributed by atoms with Crippen molar-refractivity contribution in [3.63, 3.8) is 0 Å². The van der Waals surface area contributed by atoms with Crippen LogP contribution in [-0.4, -0.2) is 30.0 Å². The maximum atomic E-state index is 12.3. The van der Waals surface area contributed by atoms with E-state index in [1.165, 1.54) is 10.5 Å². The zero-order valence-corrected chi connectivity index (χ0v) is 16.0. The monoisotopic (exact) mass is 366 g/mol. The Morgan fingerprint density at radius 2 is 2.00 bits per heavy atom. The van der Waals surface area contributed by atoms with Crippen LogP contribution in [0.5, 0.6) is 5.75 Å². The second kappa shape index (κ2) is 6.80. The van der Waals surface area contributed by atoms with Crippen LogP contribution in [0, 0.1) is 5.92 Å². The molecule has 4 rings (SSSR count). The molecule has 0 aromatic heterocycles. The Morgan fingerprint density at radius 1 is 1.23 bits per heavy atom. The molecule has 0 N–H and O–H groups in total. The van der Waals surface area contributed by atoms with Gasteiger partial charge in [-0.25, -0.2) is 5.01 Å². The SMILES string of the molecule is COc1ccc2c(c1)C1=NN(C(C)=O)[C@@H](c3ccc(SC)cc3)[C@@H]1CC2. The standard InChI is InChI=1S/C21H22N2O2S/c1-13(24)23-21(15-5-9-17(26-3)10-6-15)18-11-7-14-4-8-16(25-2)12-19(14)20(18)22-23/h4-6,8-10,12,18,21H,7,11H2,1-3H3/t18-,21+/m1/s1. The largest absolute Gasteiger partial charge is 0.497 e. The Balaban J connectivity index is 1.77. The molecule has 0 fully saturated rings. The van der Waals surface area contributed by atoms with Crippen molar-refractivity contribution in [3.8, 4) is 5.75 Å². The lowest BCUT2D eigenvalue weighted by molar-refractivity contribution is -0.131. The van der Waals surface area contributed by atoms with E-state index in [0.717, 1.165) is 35.4 Å². The Kier molecular flexibility index (Phi) is 4.49. The van der Waals surface area contributed by atoms with Crippen molar-refractivity contribution in [1.29, 1.82) is 0 Å². The number of ether oxygens (including phenoxy) is 1. The summed E-state index contributed by atoms with van der Waals surface area (Å²) in [5.41, 5.74) is 4.56. The van der Waals surface area contributed by atoms with Crippen LogP contribution in [-0.2, 0) is 11.2 Å². The van der Waals surface area contributed by atoms with Gasteiger partial charge in [-0.3, -0.25) is 4.79 Å². The molecule has 0 radical (unpaired) electrons. The summed E-state index contributed by atoms with van der Waals surface area (Å²) in [4.78, 5) is 13.5. The zero-order chi connectivity index (χ0) is 18.3. The number of aryl methyl sites for hydroxylation is 1. The van der Waals surface area contributed by atoms with Crippen LogP contribution in [0.2, 0.25) is 0 Å². The fourth-order valence-corrected chi connectivity index (χ4v) is 4.42. The Labute approximate surface area is 158 Å². The molecule has 2 atom stereocenters. The molecule has 1 aliphatic carbocycles. The summed E-state index contributed by atoms with van der Waals surface area (Å²) in [5.74, 6) is 1.03. The van der Waals surface area contributed by atoms with E-state index in [9.17, 15) is 4.79 Å². The molecule has 0 unspecified atom stereocenters. The molecule has 2 aliphatic rings. The van der Waals surface area contributed by atoms with E-state index in [1.54, 1.807) is 30.8 Å². The van der Waals surface area contributed by atoms with Gasteiger partial charge in [0, 0.05) is 23.3 Å². The summed E-state index contributed by atoms with van der Waals surface area (Å²) in [5, 5.41) is 6.44. The summed E-state index contributed by atoms with van der Waals surface area (Å²) in [6.45, 7) is 1.59. The molecule has 1 aliphatic heterocycles. The van der Waals surface area contributed by atoms with Gasteiger partial charge in [-0.1, -0.05) is 18.2 Å². The van der Waals surface area contributed by atoms with E-state index in [2.05, 4.69) is 42.7 Å². The molecule has 26 heavy (non-hydrogen) atoms. The number of nitrogens with zero attached hydrogens (tertiary/aromatic N) is 2. The van der Waals surface area contributed by atoms with E-state index in [0.29, 0.717) is 0 Å². The summed E-state index contributed by atoms with van der Waals surface area (Å²) in [6.07, 6.45) is 4.06. The third kappa shape index (κ3) is 2.80. The molecular weight excluding hydrogens is 344 g/mol. The zero-order valence-electron chi connectivity index (χ0n) is 15.2. The Hall–Kier alpha value is -2.27. The number of carbonyl (C=O) groups is 1. The van der Waals surface area contributed by atoms with Crippen LogP contribution in [0.4, 0.5) is 0 Å². The molecule has 134 valence electrons. The highest BCUT2D eigenvalue weighted by molar-refractivity contribution is 7.98. The van der Waals surface area contributed by atoms with Crippen LogP contribution < -0.4 is 4.74 Å². The third-order valence-corrected chi connectivity index (χ3v) is 6.05. The Bertz CT molecular complexity index is 876. The van der Waals surface area contributed by atoms with E-state index in [-0.39, 0.29) is 17.9 Å². The number of methoxy groups -OCH3 is 1. The number of thioether (sulfide) groups is 1. The van der Waals surface area contributed by atoms with Gasteiger partial charge in [0.2, 0.25) is 5.91 Å². The van der Waals surface area contributed by atoms with E-state index >= 15 is 0 Å². The van der Waals surface area contributed by atoms with Crippen molar-refractivity contribution in [2.45, 2.75) is 30.7 Å². The van der Waals surface area contributed by atoms with Crippen molar-refractivity contribution in [3.05, 3.63) is 59.2 Å². The van der Waals surface area contributed by atoms with Crippen LogP contribution in [0.15, 0.2) is 52.5 Å². The molecule has 5 heteroatoms. The molecule has 0 spiro atoms. The molecule has 0 bridgehead atoms. The summed E-state index contributed by atoms with van der Waals surface area (Å²) in [6, 6.07) is 14.6. The summed E-state index contributed by atoms with van der Waals surface area (Å²) in [7, 11) is 1.68. The third-order valence-electron chi connectivity index (χ3n) is 5.31. The van der Waals surface area contributed by atoms with Crippen molar-refractivity contribution < 1.29 is 9.53 Å². The van der Waals surface area contributed by atoms with E-state index in [4.69, 9.17) is 9.84 Å². The molecule has 2 aromatic rings. The lowest BCUT2D eigenvalue weighted by atomic mass is 9.77. The average molecular weight is 366 g/mol. The van der Waals surface area contributed by atoms with Gasteiger partial charge in [0.25, 0.3) is 0 Å². The molecule has 0 saturated carbocycles. The van der Waals surface area contributed by atoms with Gasteiger partial charge in [-0.05, 0) is 54.5 Å². The quantitative estimate of drug-likeness (QED) is 0.761. The van der Waals surface area contributed by atoms with Gasteiger partial charge in [0.15, 0.2) is 0 Å². The molecule has 1 heterocycles. The maximum absolute atomic E-state index is 12.3. The minimum absolute atomic E-state index is 0.0183. The number of benzene rings is 2. The van der Waals surface area contributed by atoms with Gasteiger partial charge in [0.1, 0.15) is 5.75 Å². The number of hydrogen-bond donors (Lipinski definition) is 0. The van der Waals surface area contributed by atoms with E-state index < -0.39 is 0 Å².